The molecule has 0 aromatic carbocycles. The molecule has 0 aliphatic carbocycles. The number of esters is 3. The van der Waals surface area contributed by atoms with Gasteiger partial charge in [0.1, 0.15) is 0 Å². The first-order valence-electron chi connectivity index (χ1n) is 7.23. The van der Waals surface area contributed by atoms with Gasteiger partial charge in [-0.1, -0.05) is 26.7 Å². The number of carbonyl (C=O) groups excluding carboxylic acids is 3. The summed E-state index contributed by atoms with van der Waals surface area (Å²) < 4.78 is 14.5. The van der Waals surface area contributed by atoms with Crippen LogP contribution in [-0.2, 0) is 28.6 Å². The van der Waals surface area contributed by atoms with E-state index in [1.54, 1.807) is 0 Å². The number of carbonyl (C=O) groups is 3. The smallest absolute Gasteiger partial charge is 0.347 e. The van der Waals surface area contributed by atoms with Crippen LogP contribution in [0.2, 0.25) is 0 Å². The lowest BCUT2D eigenvalue weighted by atomic mass is 10.3. The Kier molecular flexibility index (Phi) is 10.9. The maximum Gasteiger partial charge on any atom is 0.347 e. The van der Waals surface area contributed by atoms with Crippen LogP contribution in [0.15, 0.2) is 12.2 Å². The Balaban J connectivity index is 4.00. The fourth-order valence-electron chi connectivity index (χ4n) is 1.20. The van der Waals surface area contributed by atoms with Crippen molar-refractivity contribution in [1.29, 1.82) is 0 Å². The predicted octanol–water partition coefficient (Wildman–Crippen LogP) is 2.16. The molecule has 0 aromatic heterocycles. The molecular formula is C15H24O6. The molecule has 0 fully saturated rings. The molecule has 0 amide bonds. The van der Waals surface area contributed by atoms with Crippen LogP contribution in [0.3, 0.4) is 0 Å². The molecule has 0 rings (SSSR count). The lowest BCUT2D eigenvalue weighted by Gasteiger charge is -2.11. The van der Waals surface area contributed by atoms with Gasteiger partial charge in [-0.25, -0.2) is 14.4 Å². The van der Waals surface area contributed by atoms with E-state index in [1.165, 1.54) is 6.92 Å². The molecule has 6 nitrogen and oxygen atoms in total. The summed E-state index contributed by atoms with van der Waals surface area (Å²) in [6.45, 7) is 5.98. The van der Waals surface area contributed by atoms with Crippen LogP contribution in [0, 0.1) is 0 Å². The van der Waals surface area contributed by atoms with Gasteiger partial charge in [0.2, 0.25) is 0 Å². The van der Waals surface area contributed by atoms with Crippen LogP contribution in [0.4, 0.5) is 0 Å². The van der Waals surface area contributed by atoms with Crippen molar-refractivity contribution in [1.82, 2.24) is 0 Å². The van der Waals surface area contributed by atoms with Crippen molar-refractivity contribution in [2.45, 2.75) is 52.6 Å². The molecule has 0 aliphatic heterocycles. The van der Waals surface area contributed by atoms with Crippen molar-refractivity contribution in [2.75, 3.05) is 13.2 Å². The number of hydrogen-bond donors (Lipinski definition) is 0. The third kappa shape index (κ3) is 10.6. The molecule has 6 heteroatoms. The maximum atomic E-state index is 11.5. The highest BCUT2D eigenvalue weighted by atomic mass is 16.6. The molecule has 0 saturated heterocycles. The van der Waals surface area contributed by atoms with Gasteiger partial charge in [-0.05, 0) is 19.8 Å². The van der Waals surface area contributed by atoms with E-state index in [0.717, 1.165) is 37.8 Å². The topological polar surface area (TPSA) is 78.9 Å². The fourth-order valence-corrected chi connectivity index (χ4v) is 1.20. The van der Waals surface area contributed by atoms with Crippen molar-refractivity contribution < 1.29 is 28.6 Å². The number of rotatable bonds is 10. The summed E-state index contributed by atoms with van der Waals surface area (Å²) in [5, 5.41) is 0. The minimum Gasteiger partial charge on any atom is -0.463 e. The molecule has 0 heterocycles. The quantitative estimate of drug-likeness (QED) is 0.266. The molecule has 1 atom stereocenters. The van der Waals surface area contributed by atoms with Gasteiger partial charge in [0.25, 0.3) is 0 Å². The summed E-state index contributed by atoms with van der Waals surface area (Å²) in [5.74, 6) is -2.00. The van der Waals surface area contributed by atoms with Crippen molar-refractivity contribution >= 4 is 17.9 Å². The third-order valence-corrected chi connectivity index (χ3v) is 2.46. The van der Waals surface area contributed by atoms with Crippen LogP contribution in [0.1, 0.15) is 46.5 Å². The van der Waals surface area contributed by atoms with Crippen LogP contribution in [0.25, 0.3) is 0 Å². The summed E-state index contributed by atoms with van der Waals surface area (Å²) in [4.78, 5) is 34.1. The lowest BCUT2D eigenvalue weighted by molar-refractivity contribution is -0.163. The number of hydrogen-bond acceptors (Lipinski definition) is 6. The fraction of sp³-hybridized carbons (Fsp3) is 0.667. The standard InChI is InChI=1S/C15H24O6/c1-4-6-10-19-13(16)8-9-14(17)21-12(3)15(18)20-11-7-5-2/h8-9,12H,4-7,10-11H2,1-3H3/b9-8+/t12-/m1/s1. The van der Waals surface area contributed by atoms with Crippen molar-refractivity contribution in [3.8, 4) is 0 Å². The van der Waals surface area contributed by atoms with Gasteiger partial charge in [-0.15, -0.1) is 0 Å². The molecule has 0 N–H and O–H groups in total. The first-order valence-corrected chi connectivity index (χ1v) is 7.23. The van der Waals surface area contributed by atoms with E-state index >= 15 is 0 Å². The lowest BCUT2D eigenvalue weighted by Crippen LogP contribution is -2.26. The SMILES string of the molecule is CCCCOC(=O)/C=C/C(=O)O[C@H](C)C(=O)OCCCC. The zero-order valence-electron chi connectivity index (χ0n) is 12.9. The second-order valence-corrected chi connectivity index (χ2v) is 4.45. The second kappa shape index (κ2) is 11.9. The van der Waals surface area contributed by atoms with Gasteiger partial charge < -0.3 is 14.2 Å². The van der Waals surface area contributed by atoms with E-state index in [4.69, 9.17) is 14.2 Å². The van der Waals surface area contributed by atoms with Gasteiger partial charge in [0.05, 0.1) is 13.2 Å². The van der Waals surface area contributed by atoms with Gasteiger partial charge in [-0.3, -0.25) is 0 Å². The van der Waals surface area contributed by atoms with Crippen LogP contribution >= 0.6 is 0 Å². The highest BCUT2D eigenvalue weighted by Crippen LogP contribution is 1.99. The van der Waals surface area contributed by atoms with Crippen molar-refractivity contribution in [2.24, 2.45) is 0 Å². The number of unbranched alkanes of at least 4 members (excludes halogenated alkanes) is 2. The minimum absolute atomic E-state index is 0.302. The first-order chi connectivity index (χ1) is 10.0. The minimum atomic E-state index is -1.00. The monoisotopic (exact) mass is 300 g/mol. The summed E-state index contributed by atoms with van der Waals surface area (Å²) in [5.41, 5.74) is 0. The van der Waals surface area contributed by atoms with Gasteiger partial charge in [0, 0.05) is 12.2 Å². The Bertz CT molecular complexity index is 361. The molecule has 0 unspecified atom stereocenters. The van der Waals surface area contributed by atoms with E-state index in [0.29, 0.717) is 13.2 Å². The molecule has 120 valence electrons. The highest BCUT2D eigenvalue weighted by Gasteiger charge is 2.17. The molecule has 0 saturated carbocycles. The maximum absolute atomic E-state index is 11.5. The zero-order chi connectivity index (χ0) is 16.1. The molecular weight excluding hydrogens is 276 g/mol. The van der Waals surface area contributed by atoms with E-state index < -0.39 is 24.0 Å². The summed E-state index contributed by atoms with van der Waals surface area (Å²) in [6.07, 6.45) is 4.26. The average Bonchev–Trinajstić information content (AvgIpc) is 2.45. The number of ether oxygens (including phenoxy) is 3. The molecule has 0 radical (unpaired) electrons. The normalized spacial score (nSPS) is 12.0. The van der Waals surface area contributed by atoms with Crippen molar-refractivity contribution in [3.63, 3.8) is 0 Å². The second-order valence-electron chi connectivity index (χ2n) is 4.45. The van der Waals surface area contributed by atoms with E-state index in [-0.39, 0.29) is 0 Å². The van der Waals surface area contributed by atoms with E-state index in [2.05, 4.69) is 0 Å². The van der Waals surface area contributed by atoms with E-state index in [9.17, 15) is 14.4 Å². The van der Waals surface area contributed by atoms with E-state index in [1.807, 2.05) is 13.8 Å². The third-order valence-electron chi connectivity index (χ3n) is 2.46. The largest absolute Gasteiger partial charge is 0.463 e. The molecule has 0 aliphatic rings. The molecule has 21 heavy (non-hydrogen) atoms. The predicted molar refractivity (Wildman–Crippen MR) is 76.4 cm³/mol. The average molecular weight is 300 g/mol. The molecule has 0 spiro atoms. The summed E-state index contributed by atoms with van der Waals surface area (Å²) in [6, 6.07) is 0. The molecule has 0 bridgehead atoms. The van der Waals surface area contributed by atoms with Gasteiger partial charge >= 0.3 is 17.9 Å². The highest BCUT2D eigenvalue weighted by molar-refractivity contribution is 5.92. The van der Waals surface area contributed by atoms with Crippen LogP contribution < -0.4 is 0 Å². The Morgan fingerprint density at radius 2 is 1.43 bits per heavy atom. The Hall–Kier alpha value is -1.85. The Morgan fingerprint density at radius 3 is 2.00 bits per heavy atom. The van der Waals surface area contributed by atoms with Gasteiger partial charge in [-0.2, -0.15) is 0 Å². The zero-order valence-corrected chi connectivity index (χ0v) is 12.9. The summed E-state index contributed by atoms with van der Waals surface area (Å²) >= 11 is 0. The van der Waals surface area contributed by atoms with Crippen LogP contribution in [0.5, 0.6) is 0 Å². The van der Waals surface area contributed by atoms with Crippen molar-refractivity contribution in [3.05, 3.63) is 12.2 Å². The molecule has 0 aromatic rings. The van der Waals surface area contributed by atoms with Gasteiger partial charge in [0.15, 0.2) is 6.10 Å². The first kappa shape index (κ1) is 19.1. The Morgan fingerprint density at radius 1 is 0.905 bits per heavy atom. The van der Waals surface area contributed by atoms with Crippen LogP contribution in [-0.4, -0.2) is 37.2 Å². The Labute approximate surface area is 125 Å². The summed E-state index contributed by atoms with van der Waals surface area (Å²) in [7, 11) is 0.